The standard InChI is InChI=1S/C35H38F2N6O8/c1-35(2,3)51-34(48)43-25-13-9-14-27(50-26-17-16-21(36)19-22(26)37)30(25)40-28(43)20-42-18-10-12-24(32(42)46)38-31(45)23(39-33(47)49-6)11-7-8-15-29(44)41(4)5/h8-10,12-19,23H,7,11,20H2,1-6H3,(H,38,45)(H,39,47)/b15-8+/t23-/m0/s1. The fourth-order valence-corrected chi connectivity index (χ4v) is 4.69. The number of nitrogens with zero attached hydrogens (tertiary/aromatic N) is 4. The number of para-hydroxylation sites is 1. The lowest BCUT2D eigenvalue weighted by molar-refractivity contribution is -0.123. The summed E-state index contributed by atoms with van der Waals surface area (Å²) in [5.74, 6) is -2.94. The molecule has 0 bridgehead atoms. The van der Waals surface area contributed by atoms with Gasteiger partial charge in [-0.15, -0.1) is 0 Å². The van der Waals surface area contributed by atoms with Gasteiger partial charge >= 0.3 is 12.2 Å². The Morgan fingerprint density at radius 2 is 1.78 bits per heavy atom. The van der Waals surface area contributed by atoms with Crippen LogP contribution >= 0.6 is 0 Å². The summed E-state index contributed by atoms with van der Waals surface area (Å²) in [5, 5.41) is 4.96. The third-order valence-electron chi connectivity index (χ3n) is 7.11. The van der Waals surface area contributed by atoms with Crippen molar-refractivity contribution in [3.8, 4) is 11.5 Å². The molecular formula is C35H38F2N6O8. The average Bonchev–Trinajstić information content (AvgIpc) is 3.43. The number of hydrogen-bond acceptors (Lipinski definition) is 9. The van der Waals surface area contributed by atoms with E-state index in [1.807, 2.05) is 0 Å². The van der Waals surface area contributed by atoms with Crippen molar-refractivity contribution in [3.63, 3.8) is 0 Å². The molecule has 1 atom stereocenters. The second-order valence-corrected chi connectivity index (χ2v) is 12.4. The van der Waals surface area contributed by atoms with Crippen molar-refractivity contribution in [2.24, 2.45) is 0 Å². The number of methoxy groups -OCH3 is 1. The van der Waals surface area contributed by atoms with Crippen LogP contribution in [-0.2, 0) is 25.6 Å². The molecule has 4 aromatic rings. The van der Waals surface area contributed by atoms with Crippen LogP contribution in [0.15, 0.2) is 71.7 Å². The number of fused-ring (bicyclic) bond motifs is 1. The van der Waals surface area contributed by atoms with Gasteiger partial charge in [0.05, 0.1) is 19.2 Å². The lowest BCUT2D eigenvalue weighted by atomic mass is 10.1. The first-order valence-electron chi connectivity index (χ1n) is 15.7. The van der Waals surface area contributed by atoms with Gasteiger partial charge in [0.1, 0.15) is 34.5 Å². The Morgan fingerprint density at radius 1 is 1.04 bits per heavy atom. The number of alkyl carbamates (subject to hydrolysis) is 1. The summed E-state index contributed by atoms with van der Waals surface area (Å²) in [4.78, 5) is 70.2. The van der Waals surface area contributed by atoms with Crippen molar-refractivity contribution in [3.05, 3.63) is 94.7 Å². The van der Waals surface area contributed by atoms with Gasteiger partial charge in [-0.25, -0.2) is 27.9 Å². The zero-order chi connectivity index (χ0) is 37.5. The van der Waals surface area contributed by atoms with Crippen LogP contribution in [0.5, 0.6) is 11.5 Å². The van der Waals surface area contributed by atoms with Crippen LogP contribution in [0.3, 0.4) is 0 Å². The number of halogens is 2. The number of rotatable bonds is 11. The number of carbonyl (C=O) groups is 4. The molecule has 51 heavy (non-hydrogen) atoms. The number of ether oxygens (including phenoxy) is 3. The van der Waals surface area contributed by atoms with Gasteiger partial charge in [-0.2, -0.15) is 0 Å². The van der Waals surface area contributed by atoms with Gasteiger partial charge in [-0.1, -0.05) is 12.1 Å². The molecule has 0 saturated carbocycles. The minimum absolute atomic E-state index is 0.0322. The van der Waals surface area contributed by atoms with E-state index < -0.39 is 46.9 Å². The second kappa shape index (κ2) is 16.1. The normalized spacial score (nSPS) is 12.0. The topological polar surface area (TPSA) is 163 Å². The SMILES string of the molecule is COC(=O)N[C@@H](CC/C=C/C(=O)N(C)C)C(=O)Nc1cccn(Cc2nc3c(Oc4ccc(F)cc4F)cccc3n2C(=O)OC(C)(C)C)c1=O. The highest BCUT2D eigenvalue weighted by atomic mass is 19.1. The first-order chi connectivity index (χ1) is 24.1. The Kier molecular flexibility index (Phi) is 11.9. The number of benzene rings is 2. The minimum Gasteiger partial charge on any atom is -0.453 e. The largest absolute Gasteiger partial charge is 0.453 e. The summed E-state index contributed by atoms with van der Waals surface area (Å²) in [6.45, 7) is 4.73. The molecule has 2 aromatic heterocycles. The molecule has 2 N–H and O–H groups in total. The Bertz CT molecular complexity index is 2030. The molecule has 16 heteroatoms. The van der Waals surface area contributed by atoms with Gasteiger partial charge in [0.15, 0.2) is 17.3 Å². The van der Waals surface area contributed by atoms with Crippen LogP contribution in [0, 0.1) is 11.6 Å². The number of amides is 3. The van der Waals surface area contributed by atoms with E-state index >= 15 is 0 Å². The van der Waals surface area contributed by atoms with Crippen molar-refractivity contribution >= 4 is 40.7 Å². The van der Waals surface area contributed by atoms with Crippen molar-refractivity contribution in [2.45, 2.75) is 51.8 Å². The average molecular weight is 709 g/mol. The maximum absolute atomic E-state index is 14.5. The van der Waals surface area contributed by atoms with E-state index in [1.165, 1.54) is 39.9 Å². The van der Waals surface area contributed by atoms with Gasteiger partial charge in [0, 0.05) is 26.4 Å². The summed E-state index contributed by atoms with van der Waals surface area (Å²) in [6.07, 6.45) is 2.93. The molecule has 270 valence electrons. The Balaban J connectivity index is 1.67. The molecule has 4 rings (SSSR count). The fraction of sp³-hybridized carbons (Fsp3) is 0.314. The third kappa shape index (κ3) is 9.77. The van der Waals surface area contributed by atoms with Gasteiger partial charge in [-0.05, 0) is 76.1 Å². The second-order valence-electron chi connectivity index (χ2n) is 12.4. The number of allylic oxidation sites excluding steroid dienone is 1. The predicted octanol–water partition coefficient (Wildman–Crippen LogP) is 5.19. The van der Waals surface area contributed by atoms with Crippen LogP contribution < -0.4 is 20.9 Å². The quantitative estimate of drug-likeness (QED) is 0.200. The summed E-state index contributed by atoms with van der Waals surface area (Å²) in [7, 11) is 4.31. The van der Waals surface area contributed by atoms with Gasteiger partial charge in [-0.3, -0.25) is 14.4 Å². The zero-order valence-corrected chi connectivity index (χ0v) is 28.9. The van der Waals surface area contributed by atoms with E-state index in [4.69, 9.17) is 9.47 Å². The monoisotopic (exact) mass is 708 g/mol. The Labute approximate surface area is 291 Å². The number of hydrogen-bond donors (Lipinski definition) is 2. The van der Waals surface area contributed by atoms with Crippen molar-refractivity contribution in [1.82, 2.24) is 24.3 Å². The molecule has 0 unspecified atom stereocenters. The smallest absolute Gasteiger partial charge is 0.420 e. The lowest BCUT2D eigenvalue weighted by Gasteiger charge is -2.20. The highest BCUT2D eigenvalue weighted by Crippen LogP contribution is 2.32. The molecule has 0 radical (unpaired) electrons. The number of imidazole rings is 1. The molecular weight excluding hydrogens is 670 g/mol. The molecule has 0 saturated heterocycles. The third-order valence-corrected chi connectivity index (χ3v) is 7.11. The lowest BCUT2D eigenvalue weighted by Crippen LogP contribution is -2.44. The van der Waals surface area contributed by atoms with Gasteiger partial charge in [0.2, 0.25) is 11.8 Å². The van der Waals surface area contributed by atoms with Crippen LogP contribution in [0.25, 0.3) is 11.0 Å². The molecule has 2 aromatic carbocycles. The maximum atomic E-state index is 14.5. The summed E-state index contributed by atoms with van der Waals surface area (Å²) >= 11 is 0. The van der Waals surface area contributed by atoms with Crippen LogP contribution in [-0.4, -0.2) is 75.9 Å². The van der Waals surface area contributed by atoms with E-state index in [9.17, 15) is 32.8 Å². The maximum Gasteiger partial charge on any atom is 0.420 e. The van der Waals surface area contributed by atoms with Crippen molar-refractivity contribution in [1.29, 1.82) is 0 Å². The molecule has 0 aliphatic heterocycles. The Hall–Kier alpha value is -6.06. The van der Waals surface area contributed by atoms with Gasteiger partial charge in [0.25, 0.3) is 5.56 Å². The summed E-state index contributed by atoms with van der Waals surface area (Å²) < 4.78 is 46.3. The number of likely N-dealkylation sites (N-methyl/N-ethyl adjacent to an activating group) is 1. The summed E-state index contributed by atoms with van der Waals surface area (Å²) in [6, 6.07) is 9.11. The van der Waals surface area contributed by atoms with Crippen LogP contribution in [0.4, 0.5) is 24.1 Å². The van der Waals surface area contributed by atoms with E-state index in [-0.39, 0.29) is 59.3 Å². The number of nitrogens with one attached hydrogen (secondary N) is 2. The molecule has 0 spiro atoms. The van der Waals surface area contributed by atoms with E-state index in [1.54, 1.807) is 53.1 Å². The number of aromatic nitrogens is 3. The van der Waals surface area contributed by atoms with Crippen molar-refractivity contribution < 1.29 is 42.2 Å². The highest BCUT2D eigenvalue weighted by Gasteiger charge is 2.26. The van der Waals surface area contributed by atoms with Crippen molar-refractivity contribution in [2.75, 3.05) is 26.5 Å². The first kappa shape index (κ1) is 37.8. The number of anilines is 1. The first-order valence-corrected chi connectivity index (χ1v) is 15.7. The molecule has 14 nitrogen and oxygen atoms in total. The number of carbonyl (C=O) groups excluding carboxylic acids is 4. The van der Waals surface area contributed by atoms with Gasteiger partial charge < -0.3 is 34.3 Å². The fourth-order valence-electron chi connectivity index (χ4n) is 4.69. The van der Waals surface area contributed by atoms with E-state index in [2.05, 4.69) is 20.4 Å². The zero-order valence-electron chi connectivity index (χ0n) is 28.9. The molecule has 3 amide bonds. The number of pyridine rings is 1. The predicted molar refractivity (Wildman–Crippen MR) is 183 cm³/mol. The molecule has 0 aliphatic rings. The Morgan fingerprint density at radius 3 is 2.45 bits per heavy atom. The van der Waals surface area contributed by atoms with E-state index in [0.717, 1.165) is 23.8 Å². The van der Waals surface area contributed by atoms with Crippen LogP contribution in [0.2, 0.25) is 0 Å². The molecule has 0 aliphatic carbocycles. The minimum atomic E-state index is -1.13. The van der Waals surface area contributed by atoms with E-state index in [0.29, 0.717) is 6.07 Å². The molecule has 2 heterocycles. The molecule has 0 fully saturated rings. The summed E-state index contributed by atoms with van der Waals surface area (Å²) in [5.41, 5.74) is -1.39. The van der Waals surface area contributed by atoms with Crippen LogP contribution in [0.1, 0.15) is 39.4 Å². The highest BCUT2D eigenvalue weighted by molar-refractivity contribution is 5.96.